The molecule has 0 aliphatic heterocycles. The molecular weight excluding hydrogens is 385 g/mol. The van der Waals surface area contributed by atoms with Crippen LogP contribution in [0.4, 0.5) is 19.1 Å². The van der Waals surface area contributed by atoms with E-state index in [-0.39, 0.29) is 5.95 Å². The summed E-state index contributed by atoms with van der Waals surface area (Å²) in [5.41, 5.74) is 0.675. The molecule has 0 aliphatic rings. The van der Waals surface area contributed by atoms with E-state index in [1.54, 1.807) is 31.2 Å². The molecule has 3 rings (SSSR count). The summed E-state index contributed by atoms with van der Waals surface area (Å²) in [5.74, 6) is -0.434. The zero-order chi connectivity index (χ0) is 19.7. The number of nitrogens with zero attached hydrogens (tertiary/aromatic N) is 3. The van der Waals surface area contributed by atoms with E-state index in [9.17, 15) is 21.6 Å². The van der Waals surface area contributed by atoms with Crippen molar-refractivity contribution in [2.45, 2.75) is 18.2 Å². The minimum absolute atomic E-state index is 0.210. The maximum Gasteiger partial charge on any atom is 0.573 e. The van der Waals surface area contributed by atoms with Gasteiger partial charge in [0.15, 0.2) is 0 Å². The van der Waals surface area contributed by atoms with Gasteiger partial charge in [-0.2, -0.15) is 4.98 Å². The van der Waals surface area contributed by atoms with Crippen LogP contribution in [0.5, 0.6) is 5.75 Å². The number of halogens is 3. The summed E-state index contributed by atoms with van der Waals surface area (Å²) < 4.78 is 69.1. The molecule has 2 aromatic carbocycles. The largest absolute Gasteiger partial charge is 0.573 e. The molecule has 0 amide bonds. The molecule has 7 nitrogen and oxygen atoms in total. The van der Waals surface area contributed by atoms with E-state index < -0.39 is 27.0 Å². The number of hydrogen-bond donors (Lipinski definition) is 1. The van der Waals surface area contributed by atoms with E-state index in [0.717, 1.165) is 24.3 Å². The quantitative estimate of drug-likeness (QED) is 0.713. The van der Waals surface area contributed by atoms with Gasteiger partial charge in [-0.05, 0) is 31.2 Å². The van der Waals surface area contributed by atoms with Crippen LogP contribution in [0.25, 0.3) is 5.69 Å². The van der Waals surface area contributed by atoms with Crippen molar-refractivity contribution in [2.75, 3.05) is 4.72 Å². The predicted molar refractivity (Wildman–Crippen MR) is 90.0 cm³/mol. The number of aromatic nitrogens is 3. The highest BCUT2D eigenvalue weighted by Crippen LogP contribution is 2.25. The number of para-hydroxylation sites is 1. The van der Waals surface area contributed by atoms with Crippen molar-refractivity contribution in [2.24, 2.45) is 0 Å². The molecule has 0 saturated carbocycles. The van der Waals surface area contributed by atoms with E-state index in [4.69, 9.17) is 0 Å². The number of alkyl halides is 3. The van der Waals surface area contributed by atoms with E-state index in [1.807, 2.05) is 6.07 Å². The van der Waals surface area contributed by atoms with Crippen LogP contribution < -0.4 is 9.46 Å². The average molecular weight is 398 g/mol. The van der Waals surface area contributed by atoms with Gasteiger partial charge in [-0.3, -0.25) is 0 Å². The summed E-state index contributed by atoms with van der Waals surface area (Å²) in [6, 6.07) is 12.9. The smallest absolute Gasteiger partial charge is 0.406 e. The Morgan fingerprint density at radius 3 is 2.44 bits per heavy atom. The van der Waals surface area contributed by atoms with Gasteiger partial charge in [-0.1, -0.05) is 24.3 Å². The first-order valence-corrected chi connectivity index (χ1v) is 9.00. The maximum absolute atomic E-state index is 12.4. The number of benzene rings is 2. The Balaban J connectivity index is 1.86. The molecule has 0 spiro atoms. The topological polar surface area (TPSA) is 86.1 Å². The van der Waals surface area contributed by atoms with Gasteiger partial charge in [0.2, 0.25) is 0 Å². The van der Waals surface area contributed by atoms with Crippen molar-refractivity contribution in [3.63, 3.8) is 0 Å². The molecule has 3 aromatic rings. The number of sulfonamides is 1. The molecule has 27 heavy (non-hydrogen) atoms. The Morgan fingerprint density at radius 1 is 1.07 bits per heavy atom. The van der Waals surface area contributed by atoms with E-state index in [1.165, 1.54) is 4.68 Å². The van der Waals surface area contributed by atoms with Crippen LogP contribution in [-0.2, 0) is 10.0 Å². The second-order valence-corrected chi connectivity index (χ2v) is 7.04. The van der Waals surface area contributed by atoms with E-state index >= 15 is 0 Å². The Hall–Kier alpha value is -3.08. The SMILES string of the molecule is Cc1nc(NS(=O)(=O)c2cccc(OC(F)(F)F)c2)nn1-c1ccccc1. The lowest BCUT2D eigenvalue weighted by molar-refractivity contribution is -0.274. The summed E-state index contributed by atoms with van der Waals surface area (Å²) in [7, 11) is -4.21. The third-order valence-corrected chi connectivity index (χ3v) is 4.67. The molecular formula is C16H13F3N4O3S. The van der Waals surface area contributed by atoms with Gasteiger partial charge >= 0.3 is 6.36 Å². The molecule has 1 N–H and O–H groups in total. The number of ether oxygens (including phenoxy) is 1. The van der Waals surface area contributed by atoms with Crippen LogP contribution in [0.15, 0.2) is 59.5 Å². The van der Waals surface area contributed by atoms with Gasteiger partial charge in [-0.25, -0.2) is 17.8 Å². The van der Waals surface area contributed by atoms with Gasteiger partial charge < -0.3 is 4.74 Å². The molecule has 0 unspecified atom stereocenters. The summed E-state index contributed by atoms with van der Waals surface area (Å²) in [5, 5.41) is 4.08. The molecule has 11 heteroatoms. The lowest BCUT2D eigenvalue weighted by atomic mass is 10.3. The molecule has 0 aliphatic carbocycles. The fourth-order valence-electron chi connectivity index (χ4n) is 2.26. The highest BCUT2D eigenvalue weighted by atomic mass is 32.2. The van der Waals surface area contributed by atoms with Gasteiger partial charge in [0.1, 0.15) is 11.6 Å². The highest BCUT2D eigenvalue weighted by molar-refractivity contribution is 7.92. The zero-order valence-corrected chi connectivity index (χ0v) is 14.6. The minimum Gasteiger partial charge on any atom is -0.406 e. The van der Waals surface area contributed by atoms with Crippen molar-refractivity contribution in [1.82, 2.24) is 14.8 Å². The van der Waals surface area contributed by atoms with Crippen LogP contribution in [0.3, 0.4) is 0 Å². The maximum atomic E-state index is 12.4. The lowest BCUT2D eigenvalue weighted by Gasteiger charge is -2.10. The summed E-state index contributed by atoms with van der Waals surface area (Å²) in [4.78, 5) is 3.61. The van der Waals surface area contributed by atoms with Crippen molar-refractivity contribution in [1.29, 1.82) is 0 Å². The Bertz CT molecular complexity index is 1050. The Labute approximate surface area is 152 Å². The molecule has 1 heterocycles. The first kappa shape index (κ1) is 18.7. The Morgan fingerprint density at radius 2 is 1.78 bits per heavy atom. The third kappa shape index (κ3) is 4.56. The van der Waals surface area contributed by atoms with Gasteiger partial charge in [0.05, 0.1) is 10.6 Å². The number of hydrogen-bond acceptors (Lipinski definition) is 5. The summed E-state index contributed by atoms with van der Waals surface area (Å²) in [6.07, 6.45) is -4.93. The minimum atomic E-state index is -4.93. The highest BCUT2D eigenvalue weighted by Gasteiger charge is 2.31. The third-order valence-electron chi connectivity index (χ3n) is 3.34. The molecule has 0 atom stereocenters. The monoisotopic (exact) mass is 398 g/mol. The average Bonchev–Trinajstić information content (AvgIpc) is 2.94. The van der Waals surface area contributed by atoms with Gasteiger partial charge in [0.25, 0.3) is 16.0 Å². The molecule has 1 aromatic heterocycles. The van der Waals surface area contributed by atoms with E-state index in [2.05, 4.69) is 19.5 Å². The lowest BCUT2D eigenvalue weighted by Crippen LogP contribution is -2.18. The van der Waals surface area contributed by atoms with Crippen LogP contribution in [0, 0.1) is 6.92 Å². The van der Waals surface area contributed by atoms with Crippen LogP contribution in [-0.4, -0.2) is 29.5 Å². The van der Waals surface area contributed by atoms with Crippen LogP contribution >= 0.6 is 0 Å². The second-order valence-electron chi connectivity index (χ2n) is 5.36. The predicted octanol–water partition coefficient (Wildman–Crippen LogP) is 3.28. The molecule has 0 fully saturated rings. The summed E-state index contributed by atoms with van der Waals surface area (Å²) in [6.45, 7) is 1.63. The Kier molecular flexibility index (Phi) is 4.79. The summed E-state index contributed by atoms with van der Waals surface area (Å²) >= 11 is 0. The second kappa shape index (κ2) is 6.91. The van der Waals surface area contributed by atoms with Crippen LogP contribution in [0.1, 0.15) is 5.82 Å². The molecule has 142 valence electrons. The first-order valence-electron chi connectivity index (χ1n) is 7.52. The fraction of sp³-hybridized carbons (Fsp3) is 0.125. The van der Waals surface area contributed by atoms with Crippen molar-refractivity contribution in [3.8, 4) is 11.4 Å². The normalized spacial score (nSPS) is 12.0. The molecule has 0 saturated heterocycles. The van der Waals surface area contributed by atoms with Gasteiger partial charge in [-0.15, -0.1) is 18.3 Å². The zero-order valence-electron chi connectivity index (χ0n) is 13.8. The number of aryl methyl sites for hydroxylation is 1. The number of rotatable bonds is 5. The number of anilines is 1. The van der Waals surface area contributed by atoms with Gasteiger partial charge in [0, 0.05) is 6.07 Å². The molecule has 0 bridgehead atoms. The van der Waals surface area contributed by atoms with Crippen molar-refractivity contribution < 1.29 is 26.3 Å². The standard InChI is InChI=1S/C16H13F3N4O3S/c1-11-20-15(21-23(11)12-6-3-2-4-7-12)22-27(24,25)14-9-5-8-13(10-14)26-16(17,18)19/h2-10H,1H3,(H,21,22). The fourth-order valence-corrected chi connectivity index (χ4v) is 3.24. The molecule has 0 radical (unpaired) electrons. The number of nitrogens with one attached hydrogen (secondary N) is 1. The van der Waals surface area contributed by atoms with Crippen molar-refractivity contribution >= 4 is 16.0 Å². The van der Waals surface area contributed by atoms with Crippen LogP contribution in [0.2, 0.25) is 0 Å². The van der Waals surface area contributed by atoms with Crippen molar-refractivity contribution in [3.05, 3.63) is 60.4 Å². The first-order chi connectivity index (χ1) is 12.6. The van der Waals surface area contributed by atoms with E-state index in [0.29, 0.717) is 11.5 Å².